The predicted molar refractivity (Wildman–Crippen MR) is 80.8 cm³/mol. The number of amides is 1. The van der Waals surface area contributed by atoms with E-state index in [1.165, 1.54) is 24.3 Å². The fraction of sp³-hybridized carbons (Fsp3) is 0.176. The third kappa shape index (κ3) is 3.91. The van der Waals surface area contributed by atoms with Gasteiger partial charge in [-0.05, 0) is 36.8 Å². The van der Waals surface area contributed by atoms with Gasteiger partial charge in [0.05, 0.1) is 6.61 Å². The first-order chi connectivity index (χ1) is 10.6. The summed E-state index contributed by atoms with van der Waals surface area (Å²) in [4.78, 5) is 24.5. The number of hydrogen-bond acceptors (Lipinski definition) is 3. The first-order valence-electron chi connectivity index (χ1n) is 6.90. The molecule has 2 aromatic carbocycles. The molecular formula is C17H16FNO3. The van der Waals surface area contributed by atoms with E-state index in [0.29, 0.717) is 11.3 Å². The summed E-state index contributed by atoms with van der Waals surface area (Å²) in [6.07, 6.45) is 0. The number of halogens is 1. The highest BCUT2D eigenvalue weighted by atomic mass is 19.1. The summed E-state index contributed by atoms with van der Waals surface area (Å²) in [5.74, 6) is -2.60. The molecule has 5 heteroatoms. The van der Waals surface area contributed by atoms with E-state index in [0.717, 1.165) is 0 Å². The monoisotopic (exact) mass is 301 g/mol. The van der Waals surface area contributed by atoms with Gasteiger partial charge in [0.25, 0.3) is 0 Å². The van der Waals surface area contributed by atoms with Gasteiger partial charge in [0.2, 0.25) is 5.91 Å². The molecule has 1 unspecified atom stereocenters. The second-order valence-corrected chi connectivity index (χ2v) is 4.59. The van der Waals surface area contributed by atoms with Crippen molar-refractivity contribution in [2.45, 2.75) is 12.8 Å². The van der Waals surface area contributed by atoms with Crippen molar-refractivity contribution in [3.8, 4) is 0 Å². The van der Waals surface area contributed by atoms with Crippen LogP contribution in [0.5, 0.6) is 0 Å². The summed E-state index contributed by atoms with van der Waals surface area (Å²) in [7, 11) is 0. The molecule has 0 aliphatic carbocycles. The van der Waals surface area contributed by atoms with E-state index in [2.05, 4.69) is 5.32 Å². The Kier molecular flexibility index (Phi) is 5.25. The molecule has 0 saturated heterocycles. The zero-order valence-electron chi connectivity index (χ0n) is 12.1. The lowest BCUT2D eigenvalue weighted by atomic mass is 9.98. The van der Waals surface area contributed by atoms with Gasteiger partial charge in [-0.3, -0.25) is 9.59 Å². The smallest absolute Gasteiger partial charge is 0.323 e. The molecule has 114 valence electrons. The highest BCUT2D eigenvalue weighted by Crippen LogP contribution is 2.20. The van der Waals surface area contributed by atoms with Gasteiger partial charge < -0.3 is 10.1 Å². The molecule has 0 aliphatic rings. The topological polar surface area (TPSA) is 55.4 Å². The lowest BCUT2D eigenvalue weighted by Gasteiger charge is -2.16. The minimum absolute atomic E-state index is 0.187. The Morgan fingerprint density at radius 1 is 1.09 bits per heavy atom. The molecule has 1 N–H and O–H groups in total. The van der Waals surface area contributed by atoms with Gasteiger partial charge in [0.15, 0.2) is 5.92 Å². The second kappa shape index (κ2) is 7.36. The van der Waals surface area contributed by atoms with Crippen molar-refractivity contribution in [3.05, 3.63) is 66.0 Å². The molecule has 0 fully saturated rings. The van der Waals surface area contributed by atoms with Crippen molar-refractivity contribution in [3.63, 3.8) is 0 Å². The van der Waals surface area contributed by atoms with Crippen LogP contribution in [-0.2, 0) is 14.3 Å². The molecule has 22 heavy (non-hydrogen) atoms. The number of benzene rings is 2. The first-order valence-corrected chi connectivity index (χ1v) is 6.90. The van der Waals surface area contributed by atoms with E-state index in [-0.39, 0.29) is 6.61 Å². The normalized spacial score (nSPS) is 11.5. The Labute approximate surface area is 127 Å². The zero-order valence-corrected chi connectivity index (χ0v) is 12.1. The molecule has 0 radical (unpaired) electrons. The minimum Gasteiger partial charge on any atom is -0.465 e. The van der Waals surface area contributed by atoms with Gasteiger partial charge in [0, 0.05) is 5.69 Å². The van der Waals surface area contributed by atoms with E-state index in [1.54, 1.807) is 37.3 Å². The Hall–Kier alpha value is -2.69. The number of rotatable bonds is 5. The molecule has 2 rings (SSSR count). The summed E-state index contributed by atoms with van der Waals surface area (Å²) in [6, 6.07) is 14.0. The SMILES string of the molecule is CCOC(=O)C(C(=O)Nc1ccc(F)cc1)c1ccccc1. The molecule has 0 heterocycles. The molecule has 0 bridgehead atoms. The quantitative estimate of drug-likeness (QED) is 0.682. The van der Waals surface area contributed by atoms with Crippen molar-refractivity contribution in [2.75, 3.05) is 11.9 Å². The van der Waals surface area contributed by atoms with Crippen LogP contribution >= 0.6 is 0 Å². The number of carbonyl (C=O) groups excluding carboxylic acids is 2. The Bertz CT molecular complexity index is 641. The van der Waals surface area contributed by atoms with Gasteiger partial charge in [-0.1, -0.05) is 30.3 Å². The largest absolute Gasteiger partial charge is 0.465 e. The summed E-state index contributed by atoms with van der Waals surface area (Å²) in [5, 5.41) is 2.60. The summed E-state index contributed by atoms with van der Waals surface area (Å²) in [6.45, 7) is 1.86. The van der Waals surface area contributed by atoms with Gasteiger partial charge in [0.1, 0.15) is 5.82 Å². The lowest BCUT2D eigenvalue weighted by molar-refractivity contribution is -0.147. The van der Waals surface area contributed by atoms with Crippen molar-refractivity contribution in [1.29, 1.82) is 0 Å². The van der Waals surface area contributed by atoms with Crippen LogP contribution in [0.25, 0.3) is 0 Å². The number of carbonyl (C=O) groups is 2. The highest BCUT2D eigenvalue weighted by molar-refractivity contribution is 6.09. The Balaban J connectivity index is 2.22. The number of anilines is 1. The molecule has 1 atom stereocenters. The third-order valence-corrected chi connectivity index (χ3v) is 3.03. The van der Waals surface area contributed by atoms with Gasteiger partial charge in [-0.25, -0.2) is 4.39 Å². The number of hydrogen-bond donors (Lipinski definition) is 1. The van der Waals surface area contributed by atoms with E-state index in [4.69, 9.17) is 4.74 Å². The number of nitrogens with one attached hydrogen (secondary N) is 1. The molecule has 1 amide bonds. The zero-order chi connectivity index (χ0) is 15.9. The van der Waals surface area contributed by atoms with Crippen LogP contribution in [0.1, 0.15) is 18.4 Å². The highest BCUT2D eigenvalue weighted by Gasteiger charge is 2.29. The van der Waals surface area contributed by atoms with Crippen molar-refractivity contribution in [2.24, 2.45) is 0 Å². The van der Waals surface area contributed by atoms with E-state index < -0.39 is 23.6 Å². The van der Waals surface area contributed by atoms with Crippen molar-refractivity contribution >= 4 is 17.6 Å². The number of ether oxygens (including phenoxy) is 1. The first kappa shape index (κ1) is 15.7. The standard InChI is InChI=1S/C17H16FNO3/c1-2-22-17(21)15(12-6-4-3-5-7-12)16(20)19-14-10-8-13(18)9-11-14/h3-11,15H,2H2,1H3,(H,19,20). The predicted octanol–water partition coefficient (Wildman–Crippen LogP) is 3.11. The van der Waals surface area contributed by atoms with E-state index in [1.807, 2.05) is 0 Å². The Morgan fingerprint density at radius 3 is 2.32 bits per heavy atom. The van der Waals surface area contributed by atoms with Gasteiger partial charge >= 0.3 is 5.97 Å². The molecule has 0 spiro atoms. The van der Waals surface area contributed by atoms with E-state index >= 15 is 0 Å². The summed E-state index contributed by atoms with van der Waals surface area (Å²) in [5.41, 5.74) is 0.956. The second-order valence-electron chi connectivity index (χ2n) is 4.59. The minimum atomic E-state index is -1.06. The molecular weight excluding hydrogens is 285 g/mol. The van der Waals surface area contributed by atoms with Gasteiger partial charge in [-0.2, -0.15) is 0 Å². The molecule has 2 aromatic rings. The summed E-state index contributed by atoms with van der Waals surface area (Å²) >= 11 is 0. The third-order valence-electron chi connectivity index (χ3n) is 3.03. The van der Waals surface area contributed by atoms with Crippen molar-refractivity contribution in [1.82, 2.24) is 0 Å². The summed E-state index contributed by atoms with van der Waals surface area (Å²) < 4.78 is 17.9. The molecule has 0 saturated carbocycles. The molecule has 0 aliphatic heterocycles. The van der Waals surface area contributed by atoms with Crippen LogP contribution < -0.4 is 5.32 Å². The van der Waals surface area contributed by atoms with Crippen LogP contribution in [0.15, 0.2) is 54.6 Å². The molecule has 0 aromatic heterocycles. The van der Waals surface area contributed by atoms with E-state index in [9.17, 15) is 14.0 Å². The fourth-order valence-corrected chi connectivity index (χ4v) is 2.01. The lowest BCUT2D eigenvalue weighted by Crippen LogP contribution is -2.29. The molecule has 4 nitrogen and oxygen atoms in total. The maximum atomic E-state index is 12.9. The van der Waals surface area contributed by atoms with Crippen LogP contribution in [-0.4, -0.2) is 18.5 Å². The maximum Gasteiger partial charge on any atom is 0.323 e. The van der Waals surface area contributed by atoms with Crippen LogP contribution in [0.2, 0.25) is 0 Å². The average molecular weight is 301 g/mol. The number of esters is 1. The van der Waals surface area contributed by atoms with Gasteiger partial charge in [-0.15, -0.1) is 0 Å². The van der Waals surface area contributed by atoms with Crippen LogP contribution in [0, 0.1) is 5.82 Å². The van der Waals surface area contributed by atoms with Crippen molar-refractivity contribution < 1.29 is 18.7 Å². The maximum absolute atomic E-state index is 12.9. The van der Waals surface area contributed by atoms with Crippen LogP contribution in [0.3, 0.4) is 0 Å². The fourth-order valence-electron chi connectivity index (χ4n) is 2.01. The van der Waals surface area contributed by atoms with Crippen LogP contribution in [0.4, 0.5) is 10.1 Å². The average Bonchev–Trinajstić information content (AvgIpc) is 2.51. The Morgan fingerprint density at radius 2 is 1.73 bits per heavy atom.